The van der Waals surface area contributed by atoms with Gasteiger partial charge in [-0.2, -0.15) is 0 Å². The van der Waals surface area contributed by atoms with Crippen molar-refractivity contribution in [3.8, 4) is 11.5 Å². The normalized spacial score (nSPS) is 21.9. The van der Waals surface area contributed by atoms with Crippen molar-refractivity contribution < 1.29 is 27.0 Å². The van der Waals surface area contributed by atoms with Crippen molar-refractivity contribution in [3.05, 3.63) is 23.7 Å². The largest absolute Gasteiger partial charge is 0.504 e. The molecule has 0 amide bonds. The monoisotopic (exact) mass is 202 g/mol. The van der Waals surface area contributed by atoms with E-state index >= 15 is 0 Å². The van der Waals surface area contributed by atoms with Gasteiger partial charge in [0.05, 0.1) is 5.48 Å². The third kappa shape index (κ3) is 2.37. The first-order valence-electron chi connectivity index (χ1n) is 6.07. The van der Waals surface area contributed by atoms with Gasteiger partial charge < -0.3 is 21.1 Å². The highest BCUT2D eigenvalue weighted by molar-refractivity contribution is 5.73. The Morgan fingerprint density at radius 3 is 2.86 bits per heavy atom. The Bertz CT molecular complexity index is 519. The van der Waals surface area contributed by atoms with Crippen LogP contribution in [0, 0.1) is 0 Å². The molecule has 0 fully saturated rings. The predicted molar refractivity (Wildman–Crippen MR) is 49.1 cm³/mol. The lowest BCUT2D eigenvalue weighted by Crippen LogP contribution is -2.32. The molecule has 0 aromatic heterocycles. The Balaban J connectivity index is 3.57. The fourth-order valence-electron chi connectivity index (χ4n) is 0.693. The van der Waals surface area contributed by atoms with E-state index in [4.69, 9.17) is 17.7 Å². The standard InChI is InChI=1S/C9H11NO4/c10-6(9(13)14)3-5-1-2-7(11)8(12)4-5/h1-2,4,6,11-12H,3,10H2,(H,13,14)/t6-/m1/s1/i1D,2D,3D,4D,6D/t3?,6-. The topological polar surface area (TPSA) is 104 Å². The molecule has 76 valence electrons. The van der Waals surface area contributed by atoms with Crippen LogP contribution in [0.1, 0.15) is 12.4 Å². The van der Waals surface area contributed by atoms with Crippen LogP contribution in [0.15, 0.2) is 18.1 Å². The molecule has 0 spiro atoms. The number of hydrogen-bond acceptors (Lipinski definition) is 4. The van der Waals surface area contributed by atoms with Gasteiger partial charge in [0, 0.05) is 1.37 Å². The van der Waals surface area contributed by atoms with Crippen LogP contribution in [0.2, 0.25) is 0 Å². The summed E-state index contributed by atoms with van der Waals surface area (Å²) in [6.07, 6.45) is -2.08. The number of aliphatic carboxylic acids is 1. The zero-order valence-corrected chi connectivity index (χ0v) is 6.90. The number of carbonyl (C=O) groups is 1. The van der Waals surface area contributed by atoms with Gasteiger partial charge in [-0.3, -0.25) is 4.79 Å². The molecule has 1 rings (SSSR count). The van der Waals surface area contributed by atoms with Crippen LogP contribution in [0.25, 0.3) is 0 Å². The van der Waals surface area contributed by atoms with Crippen LogP contribution in [0.5, 0.6) is 11.5 Å². The lowest BCUT2D eigenvalue weighted by molar-refractivity contribution is -0.138. The fourth-order valence-corrected chi connectivity index (χ4v) is 0.693. The van der Waals surface area contributed by atoms with E-state index in [1.54, 1.807) is 0 Å². The molecule has 5 nitrogen and oxygen atoms in total. The molecule has 5 N–H and O–H groups in total. The van der Waals surface area contributed by atoms with Crippen LogP contribution in [0.3, 0.4) is 0 Å². The SMILES string of the molecule is [2H]c1c([2H])c(C([2H])[C@@]([2H])(N)C(=O)O)c([2H])c(O)c1O. The van der Waals surface area contributed by atoms with E-state index in [1.165, 1.54) is 0 Å². The molecule has 14 heavy (non-hydrogen) atoms. The van der Waals surface area contributed by atoms with Crippen molar-refractivity contribution in [1.82, 2.24) is 0 Å². The fraction of sp³-hybridized carbons (Fsp3) is 0.222. The molecular formula is C9H11NO4. The van der Waals surface area contributed by atoms with Gasteiger partial charge in [-0.25, -0.2) is 0 Å². The Morgan fingerprint density at radius 2 is 2.29 bits per heavy atom. The molecule has 2 atom stereocenters. The average Bonchev–Trinajstić information content (AvgIpc) is 2.33. The summed E-state index contributed by atoms with van der Waals surface area (Å²) >= 11 is 0. The van der Waals surface area contributed by atoms with Crippen LogP contribution in [-0.4, -0.2) is 27.3 Å². The van der Waals surface area contributed by atoms with E-state index in [1.807, 2.05) is 0 Å². The highest BCUT2D eigenvalue weighted by Gasteiger charge is 2.12. The van der Waals surface area contributed by atoms with Crippen molar-refractivity contribution >= 4 is 5.97 Å². The minimum absolute atomic E-state index is 0.708. The molecule has 5 heteroatoms. The van der Waals surface area contributed by atoms with Gasteiger partial charge in [-0.05, 0) is 24.0 Å². The zero-order valence-electron chi connectivity index (χ0n) is 11.9. The van der Waals surface area contributed by atoms with E-state index in [-0.39, 0.29) is 0 Å². The molecule has 0 aliphatic rings. The number of carboxylic acid groups (broad SMARTS) is 1. The van der Waals surface area contributed by atoms with Crippen LogP contribution in [0.4, 0.5) is 0 Å². The second-order valence-electron chi connectivity index (χ2n) is 2.39. The Kier molecular flexibility index (Phi) is 1.48. The summed E-state index contributed by atoms with van der Waals surface area (Å²) in [7, 11) is 0. The summed E-state index contributed by atoms with van der Waals surface area (Å²) in [6, 6.07) is -5.46. The Labute approximate surface area is 87.4 Å². The number of phenols is 2. The molecule has 1 aromatic carbocycles. The summed E-state index contributed by atoms with van der Waals surface area (Å²) in [4.78, 5) is 10.8. The summed E-state index contributed by atoms with van der Waals surface area (Å²) in [5.41, 5.74) is 4.41. The van der Waals surface area contributed by atoms with Crippen molar-refractivity contribution in [2.45, 2.75) is 12.4 Å². The maximum atomic E-state index is 10.8. The highest BCUT2D eigenvalue weighted by Crippen LogP contribution is 2.25. The van der Waals surface area contributed by atoms with Gasteiger partial charge in [0.1, 0.15) is 6.02 Å². The van der Waals surface area contributed by atoms with E-state index in [9.17, 15) is 15.0 Å². The maximum absolute atomic E-state index is 10.8. The van der Waals surface area contributed by atoms with E-state index in [0.717, 1.165) is 0 Å². The zero-order chi connectivity index (χ0) is 15.1. The minimum atomic E-state index is -2.86. The van der Waals surface area contributed by atoms with Gasteiger partial charge in [-0.15, -0.1) is 0 Å². The number of benzene rings is 1. The van der Waals surface area contributed by atoms with Gasteiger partial charge >= 0.3 is 5.97 Å². The van der Waals surface area contributed by atoms with Gasteiger partial charge in [0.25, 0.3) is 0 Å². The number of carboxylic acids is 1. The van der Waals surface area contributed by atoms with Crippen LogP contribution in [-0.2, 0) is 11.2 Å². The first kappa shape index (κ1) is 5.21. The lowest BCUT2D eigenvalue weighted by Gasteiger charge is -2.06. The Morgan fingerprint density at radius 1 is 1.64 bits per heavy atom. The first-order valence-corrected chi connectivity index (χ1v) is 3.49. The average molecular weight is 202 g/mol. The molecule has 0 aliphatic heterocycles. The van der Waals surface area contributed by atoms with Crippen molar-refractivity contribution in [1.29, 1.82) is 0 Å². The van der Waals surface area contributed by atoms with Crippen molar-refractivity contribution in [3.63, 3.8) is 0 Å². The highest BCUT2D eigenvalue weighted by atomic mass is 16.4. The second kappa shape index (κ2) is 3.97. The van der Waals surface area contributed by atoms with E-state index in [0.29, 0.717) is 0 Å². The lowest BCUT2D eigenvalue weighted by atomic mass is 10.1. The number of hydrogen-bond donors (Lipinski definition) is 4. The Hall–Kier alpha value is -1.75. The summed E-state index contributed by atoms with van der Waals surface area (Å²) in [6.45, 7) is 0. The molecule has 1 aromatic rings. The van der Waals surface area contributed by atoms with Gasteiger partial charge in [0.15, 0.2) is 11.5 Å². The third-order valence-electron chi connectivity index (χ3n) is 1.34. The predicted octanol–water partition coefficient (Wildman–Crippen LogP) is 0.0522. The molecule has 0 saturated heterocycles. The molecule has 0 radical (unpaired) electrons. The summed E-state index contributed by atoms with van der Waals surface area (Å²) in [5, 5.41) is 27.4. The molecule has 0 saturated carbocycles. The van der Waals surface area contributed by atoms with Gasteiger partial charge in [0.2, 0.25) is 0 Å². The van der Waals surface area contributed by atoms with Gasteiger partial charge in [-0.1, -0.05) is 6.04 Å². The second-order valence-corrected chi connectivity index (χ2v) is 2.39. The molecule has 0 aliphatic carbocycles. The number of aromatic hydroxyl groups is 2. The van der Waals surface area contributed by atoms with E-state index in [2.05, 4.69) is 0 Å². The van der Waals surface area contributed by atoms with Crippen molar-refractivity contribution in [2.24, 2.45) is 5.73 Å². The minimum Gasteiger partial charge on any atom is -0.504 e. The number of nitrogens with two attached hydrogens (primary N) is 1. The van der Waals surface area contributed by atoms with E-state index < -0.39 is 53.6 Å². The third-order valence-corrected chi connectivity index (χ3v) is 1.34. The quantitative estimate of drug-likeness (QED) is 0.518. The molecule has 0 heterocycles. The molecular weight excluding hydrogens is 186 g/mol. The smallest absolute Gasteiger partial charge is 0.320 e. The molecule has 1 unspecified atom stereocenters. The summed E-state index contributed by atoms with van der Waals surface area (Å²) in [5.74, 6) is -3.94. The molecule has 0 bridgehead atoms. The number of phenolic OH excluding ortho intramolecular Hbond substituents is 2. The van der Waals surface area contributed by atoms with Crippen molar-refractivity contribution in [2.75, 3.05) is 0 Å². The van der Waals surface area contributed by atoms with Crippen LogP contribution >= 0.6 is 0 Å². The first-order chi connectivity index (χ1) is 8.53. The number of rotatable bonds is 3. The summed E-state index contributed by atoms with van der Waals surface area (Å²) < 4.78 is 37.2. The van der Waals surface area contributed by atoms with Crippen LogP contribution < -0.4 is 5.73 Å². The maximum Gasteiger partial charge on any atom is 0.320 e.